The topological polar surface area (TPSA) is 99.2 Å². The van der Waals surface area contributed by atoms with Crippen LogP contribution in [0.25, 0.3) is 10.9 Å². The van der Waals surface area contributed by atoms with Gasteiger partial charge in [0.1, 0.15) is 10.5 Å². The van der Waals surface area contributed by atoms with E-state index < -0.39 is 15.5 Å². The third-order valence-corrected chi connectivity index (χ3v) is 2.56. The van der Waals surface area contributed by atoms with E-state index in [0.29, 0.717) is 0 Å². The molecule has 0 N–H and O–H groups in total. The summed E-state index contributed by atoms with van der Waals surface area (Å²) in [5.74, 6) is 0. The fraction of sp³-hybridized carbons (Fsp3) is 0. The van der Waals surface area contributed by atoms with E-state index >= 15 is 0 Å². The molecule has 0 aliphatic heterocycles. The van der Waals surface area contributed by atoms with E-state index in [2.05, 4.69) is 4.98 Å². The third kappa shape index (κ3) is 2.18. The predicted octanol–water partition coefficient (Wildman–Crippen LogP) is 3.13. The Bertz CT molecular complexity index is 647. The summed E-state index contributed by atoms with van der Waals surface area (Å²) in [5.41, 5.74) is -0.858. The Labute approximate surface area is 111 Å². The van der Waals surface area contributed by atoms with Crippen LogP contribution in [0.15, 0.2) is 24.4 Å². The van der Waals surface area contributed by atoms with E-state index in [4.69, 9.17) is 11.6 Å². The first-order valence-corrected chi connectivity index (χ1v) is 4.76. The summed E-state index contributed by atoms with van der Waals surface area (Å²) >= 11 is 5.79. The molecular weight excluding hydrogens is 285 g/mol. The van der Waals surface area contributed by atoms with Gasteiger partial charge in [0.25, 0.3) is 11.4 Å². The van der Waals surface area contributed by atoms with Crippen LogP contribution in [0, 0.1) is 20.2 Å². The quantitative estimate of drug-likeness (QED) is 0.624. The minimum absolute atomic E-state index is 0. The average Bonchev–Trinajstić information content (AvgIpc) is 2.29. The number of rotatable bonds is 2. The Kier molecular flexibility index (Phi) is 4.00. The van der Waals surface area contributed by atoms with Crippen LogP contribution >= 0.6 is 24.0 Å². The Hall–Kier alpha value is -1.99. The molecular formula is C9H5Cl2N3O4. The molecule has 94 valence electrons. The lowest BCUT2D eigenvalue weighted by Crippen LogP contribution is -1.96. The number of nitro benzene ring substituents is 2. The molecule has 2 aromatic rings. The van der Waals surface area contributed by atoms with Gasteiger partial charge in [-0.1, -0.05) is 11.6 Å². The zero-order valence-electron chi connectivity index (χ0n) is 8.57. The Balaban J connectivity index is 0.00000162. The van der Waals surface area contributed by atoms with Crippen LogP contribution in [0.1, 0.15) is 0 Å². The van der Waals surface area contributed by atoms with Crippen molar-refractivity contribution in [1.29, 1.82) is 0 Å². The van der Waals surface area contributed by atoms with Crippen molar-refractivity contribution in [3.8, 4) is 0 Å². The highest BCUT2D eigenvalue weighted by Gasteiger charge is 2.24. The molecule has 0 bridgehead atoms. The van der Waals surface area contributed by atoms with Gasteiger partial charge in [0, 0.05) is 6.20 Å². The van der Waals surface area contributed by atoms with Crippen molar-refractivity contribution in [2.24, 2.45) is 0 Å². The van der Waals surface area contributed by atoms with Crippen LogP contribution in [0.5, 0.6) is 0 Å². The molecule has 0 unspecified atom stereocenters. The lowest BCUT2D eigenvalue weighted by molar-refractivity contribution is -0.392. The molecule has 2 rings (SSSR count). The van der Waals surface area contributed by atoms with Crippen molar-refractivity contribution < 1.29 is 9.85 Å². The highest BCUT2D eigenvalue weighted by Crippen LogP contribution is 2.37. The molecule has 0 saturated heterocycles. The second-order valence-corrected chi connectivity index (χ2v) is 3.52. The second-order valence-electron chi connectivity index (χ2n) is 3.14. The van der Waals surface area contributed by atoms with Gasteiger partial charge >= 0.3 is 0 Å². The Morgan fingerprint density at radius 1 is 1.17 bits per heavy atom. The van der Waals surface area contributed by atoms with Crippen LogP contribution in [0.4, 0.5) is 11.4 Å². The summed E-state index contributed by atoms with van der Waals surface area (Å²) in [6.07, 6.45) is 1.36. The van der Waals surface area contributed by atoms with Crippen molar-refractivity contribution in [3.05, 3.63) is 49.6 Å². The minimum Gasteiger partial charge on any atom is -0.258 e. The van der Waals surface area contributed by atoms with Gasteiger partial charge in [-0.3, -0.25) is 25.2 Å². The van der Waals surface area contributed by atoms with Crippen LogP contribution < -0.4 is 0 Å². The third-order valence-electron chi connectivity index (χ3n) is 2.18. The Morgan fingerprint density at radius 2 is 1.78 bits per heavy atom. The summed E-state index contributed by atoms with van der Waals surface area (Å²) in [6, 6.07) is 3.78. The van der Waals surface area contributed by atoms with Crippen LogP contribution in [-0.2, 0) is 0 Å². The standard InChI is InChI=1S/C9H4ClN3O4.ClH/c10-8-7(13(16)17)4-6(12(14)15)5-2-1-3-11-9(5)8;/h1-4H;1H. The molecule has 0 aliphatic carbocycles. The molecule has 0 fully saturated rings. The maximum absolute atomic E-state index is 10.8. The number of pyridine rings is 1. The molecule has 18 heavy (non-hydrogen) atoms. The first-order valence-electron chi connectivity index (χ1n) is 4.38. The predicted molar refractivity (Wildman–Crippen MR) is 67.3 cm³/mol. The lowest BCUT2D eigenvalue weighted by Gasteiger charge is -2.01. The smallest absolute Gasteiger partial charge is 0.258 e. The number of hydrogen-bond donors (Lipinski definition) is 0. The molecule has 0 saturated carbocycles. The van der Waals surface area contributed by atoms with Crippen LogP contribution in [0.3, 0.4) is 0 Å². The molecule has 0 aliphatic rings. The number of hydrogen-bond acceptors (Lipinski definition) is 5. The fourth-order valence-corrected chi connectivity index (χ4v) is 1.74. The van der Waals surface area contributed by atoms with E-state index in [-0.39, 0.29) is 34.0 Å². The molecule has 0 amide bonds. The van der Waals surface area contributed by atoms with E-state index in [1.165, 1.54) is 18.3 Å². The molecule has 0 atom stereocenters. The normalized spacial score (nSPS) is 9.83. The number of aromatic nitrogens is 1. The molecule has 7 nitrogen and oxygen atoms in total. The molecule has 1 aromatic carbocycles. The largest absolute Gasteiger partial charge is 0.297 e. The average molecular weight is 290 g/mol. The van der Waals surface area contributed by atoms with Gasteiger partial charge in [-0.15, -0.1) is 12.4 Å². The van der Waals surface area contributed by atoms with Gasteiger partial charge in [-0.2, -0.15) is 0 Å². The summed E-state index contributed by atoms with van der Waals surface area (Å²) in [6.45, 7) is 0. The maximum atomic E-state index is 10.8. The maximum Gasteiger partial charge on any atom is 0.297 e. The zero-order valence-corrected chi connectivity index (χ0v) is 10.1. The van der Waals surface area contributed by atoms with Crippen molar-refractivity contribution in [2.45, 2.75) is 0 Å². The number of nitrogens with zero attached hydrogens (tertiary/aromatic N) is 3. The first-order chi connectivity index (χ1) is 8.02. The fourth-order valence-electron chi connectivity index (χ4n) is 1.46. The number of non-ortho nitro benzene ring substituents is 1. The van der Waals surface area contributed by atoms with E-state index in [1.54, 1.807) is 0 Å². The molecule has 9 heteroatoms. The number of halogens is 2. The summed E-state index contributed by atoms with van der Waals surface area (Å²) in [4.78, 5) is 23.9. The van der Waals surface area contributed by atoms with E-state index in [0.717, 1.165) is 6.07 Å². The Morgan fingerprint density at radius 3 is 2.33 bits per heavy atom. The molecule has 0 radical (unpaired) electrons. The van der Waals surface area contributed by atoms with Gasteiger partial charge in [-0.05, 0) is 12.1 Å². The van der Waals surface area contributed by atoms with Gasteiger partial charge in [0.2, 0.25) is 0 Å². The van der Waals surface area contributed by atoms with Crippen molar-refractivity contribution in [1.82, 2.24) is 4.98 Å². The van der Waals surface area contributed by atoms with Crippen LogP contribution in [-0.4, -0.2) is 14.8 Å². The highest BCUT2D eigenvalue weighted by atomic mass is 35.5. The van der Waals surface area contributed by atoms with Crippen LogP contribution in [0.2, 0.25) is 5.02 Å². The van der Waals surface area contributed by atoms with Crippen molar-refractivity contribution in [2.75, 3.05) is 0 Å². The van der Waals surface area contributed by atoms with Gasteiger partial charge in [0.05, 0.1) is 21.3 Å². The van der Waals surface area contributed by atoms with Gasteiger partial charge in [0.15, 0.2) is 0 Å². The summed E-state index contributed by atoms with van der Waals surface area (Å²) < 4.78 is 0. The summed E-state index contributed by atoms with van der Waals surface area (Å²) in [5, 5.41) is 21.5. The number of fused-ring (bicyclic) bond motifs is 1. The van der Waals surface area contributed by atoms with E-state index in [1.807, 2.05) is 0 Å². The zero-order chi connectivity index (χ0) is 12.6. The van der Waals surface area contributed by atoms with Crippen molar-refractivity contribution in [3.63, 3.8) is 0 Å². The SMILES string of the molecule is Cl.O=[N+]([O-])c1cc([N+](=O)[O-])c2cccnc2c1Cl. The second kappa shape index (κ2) is 5.11. The van der Waals surface area contributed by atoms with Crippen molar-refractivity contribution >= 4 is 46.3 Å². The molecule has 1 aromatic heterocycles. The number of benzene rings is 1. The van der Waals surface area contributed by atoms with E-state index in [9.17, 15) is 20.2 Å². The van der Waals surface area contributed by atoms with Gasteiger partial charge < -0.3 is 0 Å². The highest BCUT2D eigenvalue weighted by molar-refractivity contribution is 6.37. The summed E-state index contributed by atoms with van der Waals surface area (Å²) in [7, 11) is 0. The molecule has 1 heterocycles. The van der Waals surface area contributed by atoms with Gasteiger partial charge in [-0.25, -0.2) is 0 Å². The first kappa shape index (κ1) is 14.1. The lowest BCUT2D eigenvalue weighted by atomic mass is 10.1. The number of nitro groups is 2. The molecule has 0 spiro atoms. The monoisotopic (exact) mass is 289 g/mol. The minimum atomic E-state index is -0.774.